The van der Waals surface area contributed by atoms with Crippen molar-refractivity contribution in [3.63, 3.8) is 0 Å². The number of aliphatic hydroxyl groups is 1. The van der Waals surface area contributed by atoms with E-state index in [1.54, 1.807) is 0 Å². The predicted octanol–water partition coefficient (Wildman–Crippen LogP) is 4.78. The van der Waals surface area contributed by atoms with Gasteiger partial charge in [0.2, 0.25) is 0 Å². The summed E-state index contributed by atoms with van der Waals surface area (Å²) in [4.78, 5) is 4.78. The monoisotopic (exact) mass is 322 g/mol. The van der Waals surface area contributed by atoms with Gasteiger partial charge in [-0.3, -0.25) is 0 Å². The first-order valence-electron chi connectivity index (χ1n) is 8.67. The van der Waals surface area contributed by atoms with E-state index in [2.05, 4.69) is 44.4 Å². The minimum Gasteiger partial charge on any atom is -0.380 e. The fourth-order valence-electron chi connectivity index (χ4n) is 3.01. The molecule has 1 aromatic heterocycles. The summed E-state index contributed by atoms with van der Waals surface area (Å²) in [6.45, 7) is 9.55. The second-order valence-corrected chi connectivity index (χ2v) is 7.04. The van der Waals surface area contributed by atoms with Crippen LogP contribution in [0.25, 0.3) is 11.0 Å². The van der Waals surface area contributed by atoms with Crippen LogP contribution in [0.1, 0.15) is 48.9 Å². The van der Waals surface area contributed by atoms with Gasteiger partial charge in [0.1, 0.15) is 11.9 Å². The third kappa shape index (κ3) is 3.22. The van der Waals surface area contributed by atoms with Crippen molar-refractivity contribution in [2.75, 3.05) is 0 Å². The molecule has 3 heteroatoms. The van der Waals surface area contributed by atoms with Gasteiger partial charge < -0.3 is 9.67 Å². The first-order valence-corrected chi connectivity index (χ1v) is 8.67. The highest BCUT2D eigenvalue weighted by molar-refractivity contribution is 5.78. The molecule has 0 aliphatic heterocycles. The Labute approximate surface area is 144 Å². The van der Waals surface area contributed by atoms with Gasteiger partial charge in [-0.2, -0.15) is 0 Å². The molecule has 1 heterocycles. The number of imidazole rings is 1. The Kier molecular flexibility index (Phi) is 4.72. The Morgan fingerprint density at radius 2 is 1.71 bits per heavy atom. The molecule has 1 unspecified atom stereocenters. The van der Waals surface area contributed by atoms with Crippen LogP contribution in [0, 0.1) is 19.8 Å². The zero-order chi connectivity index (χ0) is 17.3. The predicted molar refractivity (Wildman–Crippen MR) is 99.2 cm³/mol. The molecule has 0 saturated carbocycles. The lowest BCUT2D eigenvalue weighted by Gasteiger charge is -2.15. The highest BCUT2D eigenvalue weighted by Gasteiger charge is 2.20. The van der Waals surface area contributed by atoms with Crippen LogP contribution in [-0.2, 0) is 6.54 Å². The van der Waals surface area contributed by atoms with Crippen LogP contribution in [-0.4, -0.2) is 14.7 Å². The lowest BCUT2D eigenvalue weighted by molar-refractivity contribution is 0.204. The molecule has 0 amide bonds. The van der Waals surface area contributed by atoms with Gasteiger partial charge in [0.15, 0.2) is 0 Å². The Balaban J connectivity index is 2.12. The van der Waals surface area contributed by atoms with E-state index in [0.29, 0.717) is 5.92 Å². The van der Waals surface area contributed by atoms with Crippen LogP contribution in [0.3, 0.4) is 0 Å². The maximum Gasteiger partial charge on any atom is 0.143 e. The van der Waals surface area contributed by atoms with Crippen molar-refractivity contribution < 1.29 is 5.11 Å². The molecule has 0 bridgehead atoms. The van der Waals surface area contributed by atoms with Crippen LogP contribution in [0.2, 0.25) is 0 Å². The fourth-order valence-corrected chi connectivity index (χ4v) is 3.01. The molecule has 1 atom stereocenters. The normalized spacial score (nSPS) is 12.9. The van der Waals surface area contributed by atoms with Gasteiger partial charge in [-0.25, -0.2) is 4.98 Å². The summed E-state index contributed by atoms with van der Waals surface area (Å²) in [6.07, 6.45) is 0.360. The number of fused-ring (bicyclic) bond motifs is 1. The summed E-state index contributed by atoms with van der Waals surface area (Å²) in [5.41, 5.74) is 5.45. The Morgan fingerprint density at radius 1 is 1.04 bits per heavy atom. The van der Waals surface area contributed by atoms with Crippen molar-refractivity contribution in [1.29, 1.82) is 0 Å². The molecule has 0 radical (unpaired) electrons. The quantitative estimate of drug-likeness (QED) is 0.734. The first kappa shape index (κ1) is 16.7. The Hall–Kier alpha value is -2.13. The van der Waals surface area contributed by atoms with Crippen molar-refractivity contribution in [3.8, 4) is 0 Å². The molecular weight excluding hydrogens is 296 g/mol. The van der Waals surface area contributed by atoms with Crippen molar-refractivity contribution in [2.24, 2.45) is 5.92 Å². The first-order chi connectivity index (χ1) is 11.5. The average molecular weight is 322 g/mol. The second-order valence-electron chi connectivity index (χ2n) is 7.04. The lowest BCUT2D eigenvalue weighted by Crippen LogP contribution is -2.11. The van der Waals surface area contributed by atoms with Gasteiger partial charge in [-0.15, -0.1) is 0 Å². The highest BCUT2D eigenvalue weighted by atomic mass is 16.3. The highest BCUT2D eigenvalue weighted by Crippen LogP contribution is 2.28. The van der Waals surface area contributed by atoms with Gasteiger partial charge in [0.05, 0.1) is 11.0 Å². The van der Waals surface area contributed by atoms with Gasteiger partial charge in [-0.05, 0) is 55.0 Å². The molecular formula is C21H26N2O. The van der Waals surface area contributed by atoms with Crippen molar-refractivity contribution >= 4 is 11.0 Å². The lowest BCUT2D eigenvalue weighted by atomic mass is 10.1. The Bertz CT molecular complexity index is 834. The Morgan fingerprint density at radius 3 is 2.38 bits per heavy atom. The molecule has 3 rings (SSSR count). The van der Waals surface area contributed by atoms with Gasteiger partial charge in [0.25, 0.3) is 0 Å². The van der Waals surface area contributed by atoms with Crippen molar-refractivity contribution in [1.82, 2.24) is 9.55 Å². The number of aliphatic hydroxyl groups excluding tert-OH is 1. The number of hydrogen-bond acceptors (Lipinski definition) is 2. The molecule has 24 heavy (non-hydrogen) atoms. The van der Waals surface area contributed by atoms with E-state index in [0.717, 1.165) is 35.4 Å². The number of rotatable bonds is 5. The molecule has 126 valence electrons. The minimum atomic E-state index is -0.702. The number of nitrogens with zero attached hydrogens (tertiary/aromatic N) is 2. The van der Waals surface area contributed by atoms with Crippen LogP contribution < -0.4 is 0 Å². The third-order valence-electron chi connectivity index (χ3n) is 4.68. The summed E-state index contributed by atoms with van der Waals surface area (Å²) in [7, 11) is 0. The van der Waals surface area contributed by atoms with E-state index < -0.39 is 6.10 Å². The zero-order valence-corrected chi connectivity index (χ0v) is 15.0. The molecule has 3 nitrogen and oxygen atoms in total. The van der Waals surface area contributed by atoms with Crippen molar-refractivity contribution in [3.05, 3.63) is 65.0 Å². The topological polar surface area (TPSA) is 38.1 Å². The van der Waals surface area contributed by atoms with E-state index in [1.165, 1.54) is 11.1 Å². The van der Waals surface area contributed by atoms with Crippen LogP contribution in [0.4, 0.5) is 0 Å². The molecule has 0 spiro atoms. The molecule has 3 aromatic rings. The molecule has 0 aliphatic rings. The number of benzene rings is 2. The molecule has 0 aliphatic carbocycles. The average Bonchev–Trinajstić information content (AvgIpc) is 2.91. The maximum absolute atomic E-state index is 10.9. The summed E-state index contributed by atoms with van der Waals surface area (Å²) in [6, 6.07) is 14.1. The van der Waals surface area contributed by atoms with E-state index in [9.17, 15) is 5.11 Å². The fraction of sp³-hybridized carbons (Fsp3) is 0.381. The summed E-state index contributed by atoms with van der Waals surface area (Å²) in [5.74, 6) is 1.34. The number of aromatic nitrogens is 2. The maximum atomic E-state index is 10.9. The van der Waals surface area contributed by atoms with Crippen LogP contribution in [0.5, 0.6) is 0 Å². The standard InChI is InChI=1S/C21H26N2O/c1-14(2)10-11-23-19-13-16(4)15(3)12-18(19)22-21(23)20(24)17-8-6-5-7-9-17/h5-9,12-14,20,24H,10-11H2,1-4H3. The van der Waals surface area contributed by atoms with Gasteiger partial charge in [0, 0.05) is 6.54 Å². The second kappa shape index (κ2) is 6.78. The van der Waals surface area contributed by atoms with Crippen LogP contribution in [0.15, 0.2) is 42.5 Å². The third-order valence-corrected chi connectivity index (χ3v) is 4.68. The smallest absolute Gasteiger partial charge is 0.143 e. The zero-order valence-electron chi connectivity index (χ0n) is 15.0. The van der Waals surface area contributed by atoms with Gasteiger partial charge in [-0.1, -0.05) is 44.2 Å². The number of aryl methyl sites for hydroxylation is 3. The van der Waals surface area contributed by atoms with E-state index in [4.69, 9.17) is 4.98 Å². The van der Waals surface area contributed by atoms with Gasteiger partial charge >= 0.3 is 0 Å². The largest absolute Gasteiger partial charge is 0.380 e. The summed E-state index contributed by atoms with van der Waals surface area (Å²) < 4.78 is 2.19. The van der Waals surface area contributed by atoms with Crippen molar-refractivity contribution in [2.45, 2.75) is 46.8 Å². The number of hydrogen-bond donors (Lipinski definition) is 1. The molecule has 0 fully saturated rings. The van der Waals surface area contributed by atoms with E-state index >= 15 is 0 Å². The molecule has 1 N–H and O–H groups in total. The molecule has 0 saturated heterocycles. The summed E-state index contributed by atoms with van der Waals surface area (Å²) >= 11 is 0. The summed E-state index contributed by atoms with van der Waals surface area (Å²) in [5, 5.41) is 10.9. The SMILES string of the molecule is Cc1cc2nc(C(O)c3ccccc3)n(CCC(C)C)c2cc1C. The van der Waals surface area contributed by atoms with E-state index in [-0.39, 0.29) is 0 Å². The molecule has 2 aromatic carbocycles. The minimum absolute atomic E-state index is 0.607. The van der Waals surface area contributed by atoms with E-state index in [1.807, 2.05) is 30.3 Å². The van der Waals surface area contributed by atoms with Crippen LogP contribution >= 0.6 is 0 Å².